The molecule has 0 unspecified atom stereocenters. The number of alkyl halides is 3. The van der Waals surface area contributed by atoms with Crippen LogP contribution >= 0.6 is 0 Å². The molecule has 1 saturated heterocycles. The summed E-state index contributed by atoms with van der Waals surface area (Å²) >= 11 is 0. The van der Waals surface area contributed by atoms with E-state index in [9.17, 15) is 26.4 Å². The number of hydrogen-bond donors (Lipinski definition) is 0. The van der Waals surface area contributed by atoms with Gasteiger partial charge in [-0.25, -0.2) is 13.1 Å². The minimum atomic E-state index is -4.76. The molecule has 9 nitrogen and oxygen atoms in total. The van der Waals surface area contributed by atoms with Gasteiger partial charge in [0.15, 0.2) is 5.76 Å². The maximum absolute atomic E-state index is 13.3. The molecule has 2 fully saturated rings. The van der Waals surface area contributed by atoms with E-state index in [1.807, 2.05) is 0 Å². The minimum Gasteiger partial charge on any atom is -0.360 e. The van der Waals surface area contributed by atoms with Gasteiger partial charge in [0.2, 0.25) is 10.0 Å². The van der Waals surface area contributed by atoms with E-state index in [1.165, 1.54) is 11.2 Å². The second-order valence-electron chi connectivity index (χ2n) is 7.88. The zero-order valence-corrected chi connectivity index (χ0v) is 17.8. The number of nitrogens with zero attached hydrogens (tertiary/aromatic N) is 5. The molecule has 1 aliphatic carbocycles. The van der Waals surface area contributed by atoms with E-state index in [2.05, 4.69) is 10.3 Å². The maximum Gasteiger partial charge on any atom is 0.421 e. The zero-order valence-electron chi connectivity index (χ0n) is 17.0. The van der Waals surface area contributed by atoms with E-state index >= 15 is 0 Å². The smallest absolute Gasteiger partial charge is 0.360 e. The van der Waals surface area contributed by atoms with Crippen LogP contribution in [0.1, 0.15) is 41.5 Å². The Kier molecular flexibility index (Phi) is 5.46. The SMILES string of the molecule is Cc1noc(C)c1S(=O)(=O)N1CCN(Cn2nc(C3CC3)cc(C(F)(F)F)c2=O)CC1. The summed E-state index contributed by atoms with van der Waals surface area (Å²) in [6.07, 6.45) is -3.26. The van der Waals surface area contributed by atoms with E-state index in [-0.39, 0.29) is 60.8 Å². The first-order valence-electron chi connectivity index (χ1n) is 9.83. The van der Waals surface area contributed by atoms with Gasteiger partial charge in [-0.05, 0) is 32.8 Å². The Bertz CT molecular complexity index is 1130. The van der Waals surface area contributed by atoms with Gasteiger partial charge in [0, 0.05) is 32.1 Å². The third kappa shape index (κ3) is 4.26. The highest BCUT2D eigenvalue weighted by Crippen LogP contribution is 2.40. The molecular formula is C18H22F3N5O4S. The Hall–Kier alpha value is -2.25. The summed E-state index contributed by atoms with van der Waals surface area (Å²) in [6, 6.07) is 0.852. The van der Waals surface area contributed by atoms with Crippen LogP contribution < -0.4 is 5.56 Å². The molecule has 0 radical (unpaired) electrons. The molecule has 4 rings (SSSR count). The van der Waals surface area contributed by atoms with Crippen LogP contribution in [0, 0.1) is 13.8 Å². The molecule has 170 valence electrons. The number of hydrogen-bond acceptors (Lipinski definition) is 7. The van der Waals surface area contributed by atoms with Gasteiger partial charge in [0.05, 0.1) is 12.4 Å². The summed E-state index contributed by atoms with van der Waals surface area (Å²) < 4.78 is 72.8. The van der Waals surface area contributed by atoms with Crippen molar-refractivity contribution in [3.63, 3.8) is 0 Å². The lowest BCUT2D eigenvalue weighted by Gasteiger charge is -2.33. The quantitative estimate of drug-likeness (QED) is 0.668. The van der Waals surface area contributed by atoms with Crippen LogP contribution in [0.5, 0.6) is 0 Å². The molecule has 2 aromatic rings. The molecule has 0 amide bonds. The molecule has 0 bridgehead atoms. The van der Waals surface area contributed by atoms with Crippen molar-refractivity contribution in [2.45, 2.75) is 50.3 Å². The minimum absolute atomic E-state index is 0.0331. The molecule has 0 atom stereocenters. The second-order valence-corrected chi connectivity index (χ2v) is 9.75. The Morgan fingerprint density at radius 2 is 1.81 bits per heavy atom. The first kappa shape index (κ1) is 22.0. The molecule has 3 heterocycles. The van der Waals surface area contributed by atoms with Crippen LogP contribution in [0.2, 0.25) is 0 Å². The highest BCUT2D eigenvalue weighted by atomic mass is 32.2. The van der Waals surface area contributed by atoms with Gasteiger partial charge in [-0.15, -0.1) is 0 Å². The highest BCUT2D eigenvalue weighted by Gasteiger charge is 2.38. The molecule has 13 heteroatoms. The fourth-order valence-electron chi connectivity index (χ4n) is 3.71. The summed E-state index contributed by atoms with van der Waals surface area (Å²) in [6.45, 7) is 3.65. The van der Waals surface area contributed by atoms with Gasteiger partial charge in [-0.3, -0.25) is 9.69 Å². The zero-order chi connectivity index (χ0) is 22.6. The van der Waals surface area contributed by atoms with Crippen LogP contribution in [0.4, 0.5) is 13.2 Å². The average Bonchev–Trinajstić information content (AvgIpc) is 3.47. The summed E-state index contributed by atoms with van der Waals surface area (Å²) in [4.78, 5) is 14.1. The fourth-order valence-corrected chi connectivity index (χ4v) is 5.43. The van der Waals surface area contributed by atoms with Crippen LogP contribution in [0.15, 0.2) is 20.3 Å². The molecule has 2 aromatic heterocycles. The van der Waals surface area contributed by atoms with Gasteiger partial charge in [-0.2, -0.15) is 22.6 Å². The Morgan fingerprint density at radius 3 is 2.32 bits per heavy atom. The molecule has 1 saturated carbocycles. The Balaban J connectivity index is 1.51. The molecule has 1 aliphatic heterocycles. The third-order valence-electron chi connectivity index (χ3n) is 5.53. The van der Waals surface area contributed by atoms with E-state index in [1.54, 1.807) is 11.8 Å². The van der Waals surface area contributed by atoms with Gasteiger partial charge >= 0.3 is 6.18 Å². The standard InChI is InChI=1S/C18H22F3N5O4S/c1-11-16(12(2)30-23-11)31(28,29)25-7-5-24(6-8-25)10-26-17(27)14(18(19,20)21)9-15(22-26)13-3-4-13/h9,13H,3-8,10H2,1-2H3. The van der Waals surface area contributed by atoms with E-state index in [4.69, 9.17) is 4.52 Å². The molecule has 0 aromatic carbocycles. The lowest BCUT2D eigenvalue weighted by molar-refractivity contribution is -0.139. The molecule has 0 spiro atoms. The Morgan fingerprint density at radius 1 is 1.16 bits per heavy atom. The predicted molar refractivity (Wildman–Crippen MR) is 102 cm³/mol. The monoisotopic (exact) mass is 461 g/mol. The molecule has 0 N–H and O–H groups in total. The molecule has 2 aliphatic rings. The van der Waals surface area contributed by atoms with Crippen LogP contribution in [0.3, 0.4) is 0 Å². The summed E-state index contributed by atoms with van der Waals surface area (Å²) in [5.74, 6) is 0.150. The van der Waals surface area contributed by atoms with E-state index < -0.39 is 27.3 Å². The van der Waals surface area contributed by atoms with Crippen molar-refractivity contribution in [3.8, 4) is 0 Å². The van der Waals surface area contributed by atoms with Crippen molar-refractivity contribution in [2.75, 3.05) is 26.2 Å². The first-order chi connectivity index (χ1) is 14.5. The van der Waals surface area contributed by atoms with Crippen molar-refractivity contribution >= 4 is 10.0 Å². The van der Waals surface area contributed by atoms with Crippen LogP contribution in [-0.4, -0.2) is 58.7 Å². The molecule has 31 heavy (non-hydrogen) atoms. The number of sulfonamides is 1. The summed E-state index contributed by atoms with van der Waals surface area (Å²) in [7, 11) is -3.80. The Labute approximate surface area is 176 Å². The van der Waals surface area contributed by atoms with Crippen LogP contribution in [-0.2, 0) is 22.9 Å². The topological polar surface area (TPSA) is 102 Å². The number of aromatic nitrogens is 3. The van der Waals surface area contributed by atoms with Gasteiger partial charge in [0.25, 0.3) is 5.56 Å². The fraction of sp³-hybridized carbons (Fsp3) is 0.611. The van der Waals surface area contributed by atoms with Gasteiger partial charge < -0.3 is 4.52 Å². The number of rotatable bonds is 5. The first-order valence-corrected chi connectivity index (χ1v) is 11.3. The molecular weight excluding hydrogens is 439 g/mol. The number of piperazine rings is 1. The van der Waals surface area contributed by atoms with E-state index in [0.717, 1.165) is 23.6 Å². The number of halogens is 3. The highest BCUT2D eigenvalue weighted by molar-refractivity contribution is 7.89. The second kappa shape index (κ2) is 7.71. The number of aryl methyl sites for hydroxylation is 2. The van der Waals surface area contributed by atoms with Crippen molar-refractivity contribution in [2.24, 2.45) is 0 Å². The average molecular weight is 461 g/mol. The van der Waals surface area contributed by atoms with Crippen LogP contribution in [0.25, 0.3) is 0 Å². The van der Waals surface area contributed by atoms with Crippen molar-refractivity contribution in [1.29, 1.82) is 0 Å². The summed E-state index contributed by atoms with van der Waals surface area (Å²) in [5.41, 5.74) is -1.87. The van der Waals surface area contributed by atoms with Gasteiger partial charge in [0.1, 0.15) is 16.2 Å². The summed E-state index contributed by atoms with van der Waals surface area (Å²) in [5, 5.41) is 7.83. The third-order valence-corrected chi connectivity index (χ3v) is 7.67. The van der Waals surface area contributed by atoms with Crippen molar-refractivity contribution in [3.05, 3.63) is 39.1 Å². The normalized spacial score (nSPS) is 19.1. The largest absolute Gasteiger partial charge is 0.421 e. The van der Waals surface area contributed by atoms with Gasteiger partial charge in [-0.1, -0.05) is 5.16 Å². The lowest BCUT2D eigenvalue weighted by atomic mass is 10.2. The predicted octanol–water partition coefficient (Wildman–Crippen LogP) is 1.71. The van der Waals surface area contributed by atoms with Crippen molar-refractivity contribution in [1.82, 2.24) is 24.1 Å². The maximum atomic E-state index is 13.3. The van der Waals surface area contributed by atoms with E-state index in [0.29, 0.717) is 0 Å². The lowest BCUT2D eigenvalue weighted by Crippen LogP contribution is -2.50. The van der Waals surface area contributed by atoms with Crippen molar-refractivity contribution < 1.29 is 26.1 Å².